The van der Waals surface area contributed by atoms with E-state index in [2.05, 4.69) is 42.5 Å². The van der Waals surface area contributed by atoms with Crippen molar-refractivity contribution in [3.8, 4) is 0 Å². The molecule has 0 unspecified atom stereocenters. The normalized spacial score (nSPS) is 53.2. The molecule has 2 N–H and O–H groups in total. The van der Waals surface area contributed by atoms with Gasteiger partial charge in [0.05, 0.1) is 0 Å². The lowest BCUT2D eigenvalue weighted by atomic mass is 9.48. The molecule has 0 radical (unpaired) electrons. The lowest BCUT2D eigenvalue weighted by molar-refractivity contribution is -0.246. The summed E-state index contributed by atoms with van der Waals surface area (Å²) in [6.07, 6.45) is 11.4. The molecule has 4 rings (SSSR count). The van der Waals surface area contributed by atoms with Gasteiger partial charge in [0.1, 0.15) is 0 Å². The minimum atomic E-state index is -1.44. The molecule has 124 valence electrons. The molecule has 0 aromatic heterocycles. The van der Waals surface area contributed by atoms with Crippen LogP contribution in [0.5, 0.6) is 0 Å². The van der Waals surface area contributed by atoms with Gasteiger partial charge >= 0.3 is 0 Å². The summed E-state index contributed by atoms with van der Waals surface area (Å²) in [4.78, 5) is 0. The van der Waals surface area contributed by atoms with Crippen molar-refractivity contribution in [1.82, 2.24) is 0 Å². The number of hydrogen-bond donors (Lipinski definition) is 2. The van der Waals surface area contributed by atoms with Crippen LogP contribution >= 0.6 is 22.6 Å². The Hall–Kier alpha value is 0.390. The van der Waals surface area contributed by atoms with E-state index in [4.69, 9.17) is 0 Å². The zero-order valence-corrected chi connectivity index (χ0v) is 16.0. The van der Waals surface area contributed by atoms with E-state index in [9.17, 15) is 10.2 Å². The van der Waals surface area contributed by atoms with E-state index in [1.54, 1.807) is 5.57 Å². The maximum absolute atomic E-state index is 10.5. The molecule has 4 aliphatic rings. The van der Waals surface area contributed by atoms with Crippen molar-refractivity contribution in [2.45, 2.75) is 74.9 Å². The maximum Gasteiger partial charge on any atom is 0.168 e. The van der Waals surface area contributed by atoms with E-state index >= 15 is 0 Å². The van der Waals surface area contributed by atoms with Crippen LogP contribution in [0.4, 0.5) is 0 Å². The van der Waals surface area contributed by atoms with E-state index in [1.807, 2.05) is 0 Å². The zero-order valence-electron chi connectivity index (χ0n) is 13.8. The van der Waals surface area contributed by atoms with Crippen molar-refractivity contribution in [3.05, 3.63) is 11.6 Å². The molecule has 0 aromatic rings. The number of allylic oxidation sites excluding steroid dienone is 2. The summed E-state index contributed by atoms with van der Waals surface area (Å²) >= 11 is 2.62. The molecule has 3 saturated carbocycles. The molecule has 3 fully saturated rings. The van der Waals surface area contributed by atoms with Crippen LogP contribution < -0.4 is 0 Å². The summed E-state index contributed by atoms with van der Waals surface area (Å²) in [6.45, 7) is 4.66. The number of aliphatic hydroxyl groups is 2. The van der Waals surface area contributed by atoms with E-state index in [1.165, 1.54) is 32.1 Å². The Labute approximate surface area is 147 Å². The quantitative estimate of drug-likeness (QED) is 0.265. The van der Waals surface area contributed by atoms with Crippen molar-refractivity contribution < 1.29 is 10.2 Å². The Morgan fingerprint density at radius 2 is 1.77 bits per heavy atom. The van der Waals surface area contributed by atoms with Gasteiger partial charge in [-0.15, -0.1) is 0 Å². The van der Waals surface area contributed by atoms with Gasteiger partial charge < -0.3 is 10.2 Å². The molecule has 2 nitrogen and oxygen atoms in total. The largest absolute Gasteiger partial charge is 0.365 e. The lowest BCUT2D eigenvalue weighted by Gasteiger charge is -2.58. The van der Waals surface area contributed by atoms with Crippen molar-refractivity contribution in [2.24, 2.45) is 28.6 Å². The predicted molar refractivity (Wildman–Crippen MR) is 96.7 cm³/mol. The molecule has 0 heterocycles. The standard InChI is InChI=1S/C19H29IO2/c1-17-8-5-13(20)11-12(17)3-4-14-15(17)6-9-18(2)16(14)7-10-19(18,21)22/h3,13-16,21-22H,4-11H2,1-2H3/t13-,14+,15-,16-,17-,18-/m0/s1. The minimum Gasteiger partial charge on any atom is -0.365 e. The smallest absolute Gasteiger partial charge is 0.168 e. The van der Waals surface area contributed by atoms with Gasteiger partial charge in [0.25, 0.3) is 0 Å². The fraction of sp³-hybridized carbons (Fsp3) is 0.895. The number of alkyl halides is 1. The van der Waals surface area contributed by atoms with Crippen LogP contribution in [-0.2, 0) is 0 Å². The highest BCUT2D eigenvalue weighted by Crippen LogP contribution is 2.66. The van der Waals surface area contributed by atoms with Crippen molar-refractivity contribution in [2.75, 3.05) is 0 Å². The van der Waals surface area contributed by atoms with E-state index in [0.29, 0.717) is 23.7 Å². The average Bonchev–Trinajstić information content (AvgIpc) is 2.70. The predicted octanol–water partition coefficient (Wildman–Crippen LogP) is 4.43. The second-order valence-electron chi connectivity index (χ2n) is 8.91. The van der Waals surface area contributed by atoms with Gasteiger partial charge in [0, 0.05) is 15.8 Å². The fourth-order valence-electron chi connectivity index (χ4n) is 6.61. The Kier molecular flexibility index (Phi) is 3.57. The molecule has 4 aliphatic carbocycles. The van der Waals surface area contributed by atoms with Crippen molar-refractivity contribution in [1.29, 1.82) is 0 Å². The van der Waals surface area contributed by atoms with Gasteiger partial charge in [-0.25, -0.2) is 0 Å². The van der Waals surface area contributed by atoms with Gasteiger partial charge in [-0.05, 0) is 68.1 Å². The Morgan fingerprint density at radius 3 is 2.55 bits per heavy atom. The molecular weight excluding hydrogens is 387 g/mol. The first-order valence-corrected chi connectivity index (χ1v) is 10.3. The molecular formula is C19H29IO2. The van der Waals surface area contributed by atoms with Crippen LogP contribution in [0.15, 0.2) is 11.6 Å². The molecule has 3 heteroatoms. The van der Waals surface area contributed by atoms with Gasteiger partial charge in [-0.2, -0.15) is 0 Å². The van der Waals surface area contributed by atoms with E-state index < -0.39 is 5.79 Å². The molecule has 0 spiro atoms. The Bertz CT molecular complexity index is 514. The lowest BCUT2D eigenvalue weighted by Crippen LogP contribution is -2.54. The number of rotatable bonds is 0. The van der Waals surface area contributed by atoms with Crippen LogP contribution in [0.3, 0.4) is 0 Å². The topological polar surface area (TPSA) is 40.5 Å². The molecule has 6 atom stereocenters. The molecule has 0 bridgehead atoms. The van der Waals surface area contributed by atoms with Crippen molar-refractivity contribution >= 4 is 22.6 Å². The summed E-state index contributed by atoms with van der Waals surface area (Å²) in [5, 5.41) is 21.0. The summed E-state index contributed by atoms with van der Waals surface area (Å²) in [7, 11) is 0. The highest BCUT2D eigenvalue weighted by atomic mass is 127. The van der Waals surface area contributed by atoms with Crippen LogP contribution in [0.1, 0.15) is 65.2 Å². The van der Waals surface area contributed by atoms with Crippen LogP contribution in [0, 0.1) is 28.6 Å². The first kappa shape index (κ1) is 15.9. The highest BCUT2D eigenvalue weighted by molar-refractivity contribution is 14.1. The van der Waals surface area contributed by atoms with Crippen LogP contribution in [0.2, 0.25) is 0 Å². The third-order valence-corrected chi connectivity index (χ3v) is 9.22. The zero-order chi connectivity index (χ0) is 15.8. The maximum atomic E-state index is 10.5. The second-order valence-corrected chi connectivity index (χ2v) is 10.7. The first-order chi connectivity index (χ1) is 10.3. The monoisotopic (exact) mass is 416 g/mol. The van der Waals surface area contributed by atoms with Crippen molar-refractivity contribution in [3.63, 3.8) is 0 Å². The Balaban J connectivity index is 1.69. The molecule has 0 aromatic carbocycles. The average molecular weight is 416 g/mol. The minimum absolute atomic E-state index is 0.281. The fourth-order valence-corrected chi connectivity index (χ4v) is 7.39. The van der Waals surface area contributed by atoms with E-state index in [-0.39, 0.29) is 5.41 Å². The highest BCUT2D eigenvalue weighted by Gasteiger charge is 2.63. The molecule has 0 aliphatic heterocycles. The Morgan fingerprint density at radius 1 is 1.05 bits per heavy atom. The second kappa shape index (κ2) is 4.95. The van der Waals surface area contributed by atoms with Gasteiger partial charge in [-0.1, -0.05) is 48.1 Å². The third-order valence-electron chi connectivity index (χ3n) is 8.15. The summed E-state index contributed by atoms with van der Waals surface area (Å²) in [5.74, 6) is 0.490. The van der Waals surface area contributed by atoms with Crippen LogP contribution in [0.25, 0.3) is 0 Å². The number of hydrogen-bond acceptors (Lipinski definition) is 2. The van der Waals surface area contributed by atoms with Gasteiger partial charge in [0.15, 0.2) is 5.79 Å². The third kappa shape index (κ3) is 1.97. The first-order valence-electron chi connectivity index (χ1n) is 9.06. The summed E-state index contributed by atoms with van der Waals surface area (Å²) in [5.41, 5.74) is 1.83. The summed E-state index contributed by atoms with van der Waals surface area (Å²) < 4.78 is 0.816. The number of halogens is 1. The summed E-state index contributed by atoms with van der Waals surface area (Å²) in [6, 6.07) is 0. The van der Waals surface area contributed by atoms with Crippen LogP contribution in [-0.4, -0.2) is 19.9 Å². The van der Waals surface area contributed by atoms with Gasteiger partial charge in [0.2, 0.25) is 0 Å². The molecule has 0 amide bonds. The molecule has 22 heavy (non-hydrogen) atoms. The number of fused-ring (bicyclic) bond motifs is 5. The SMILES string of the molecule is C[C@]12CC[C@H](I)CC1=CC[C@@H]1[C@@H]2CC[C@@]2(C)[C@H]1CCC2(O)O. The van der Waals surface area contributed by atoms with Gasteiger partial charge in [-0.3, -0.25) is 0 Å². The molecule has 0 saturated heterocycles. The van der Waals surface area contributed by atoms with E-state index in [0.717, 1.165) is 22.7 Å².